The van der Waals surface area contributed by atoms with Crippen molar-refractivity contribution >= 4 is 35.6 Å². The van der Waals surface area contributed by atoms with Gasteiger partial charge in [0.15, 0.2) is 0 Å². The molecule has 1 aliphatic rings. The van der Waals surface area contributed by atoms with Gasteiger partial charge in [-0.15, -0.1) is 23.5 Å². The van der Waals surface area contributed by atoms with Crippen molar-refractivity contribution < 1.29 is 19.1 Å². The number of carbonyl (C=O) groups excluding carboxylic acids is 2. The first kappa shape index (κ1) is 14.7. The molecule has 0 saturated carbocycles. The Morgan fingerprint density at radius 2 is 1.94 bits per heavy atom. The third-order valence-corrected chi connectivity index (χ3v) is 5.78. The number of rotatable bonds is 5. The van der Waals surface area contributed by atoms with E-state index < -0.39 is 12.1 Å². The Kier molecular flexibility index (Phi) is 6.19. The van der Waals surface area contributed by atoms with Crippen LogP contribution in [0.15, 0.2) is 0 Å². The lowest BCUT2D eigenvalue weighted by molar-refractivity contribution is -0.139. The normalized spacial score (nSPS) is 17.8. The Bertz CT molecular complexity index is 275. The van der Waals surface area contributed by atoms with E-state index in [4.69, 9.17) is 0 Å². The monoisotopic (exact) mass is 278 g/mol. The maximum absolute atomic E-state index is 11.3. The number of hydrogen-bond acceptors (Lipinski definition) is 6. The van der Waals surface area contributed by atoms with Gasteiger partial charge < -0.3 is 9.47 Å². The van der Waals surface area contributed by atoms with Crippen LogP contribution in [0.1, 0.15) is 33.1 Å². The van der Waals surface area contributed by atoms with Gasteiger partial charge in [-0.3, -0.25) is 4.79 Å². The first-order chi connectivity index (χ1) is 8.06. The van der Waals surface area contributed by atoms with E-state index in [0.717, 1.165) is 12.8 Å². The van der Waals surface area contributed by atoms with Crippen LogP contribution in [-0.4, -0.2) is 34.3 Å². The molecule has 0 aromatic heterocycles. The van der Waals surface area contributed by atoms with Crippen molar-refractivity contribution in [3.05, 3.63) is 0 Å². The highest BCUT2D eigenvalue weighted by molar-refractivity contribution is 8.21. The van der Waals surface area contributed by atoms with E-state index in [0.29, 0.717) is 0 Å². The van der Waals surface area contributed by atoms with Gasteiger partial charge in [0.2, 0.25) is 0 Å². The van der Waals surface area contributed by atoms with Crippen LogP contribution in [0, 0.1) is 0 Å². The minimum atomic E-state index is -0.895. The highest BCUT2D eigenvalue weighted by Crippen LogP contribution is 2.46. The largest absolute Gasteiger partial charge is 0.516 e. The Hall–Kier alpha value is -0.360. The smallest absolute Gasteiger partial charge is 0.434 e. The zero-order chi connectivity index (χ0) is 12.7. The summed E-state index contributed by atoms with van der Waals surface area (Å²) in [6.45, 7) is 4.09. The lowest BCUT2D eigenvalue weighted by atomic mass is 10.2. The predicted molar refractivity (Wildman–Crippen MR) is 70.3 cm³/mol. The summed E-state index contributed by atoms with van der Waals surface area (Å²) in [7, 11) is 0. The van der Waals surface area contributed by atoms with Crippen LogP contribution in [-0.2, 0) is 14.3 Å². The van der Waals surface area contributed by atoms with Crippen LogP contribution in [0.25, 0.3) is 0 Å². The van der Waals surface area contributed by atoms with Crippen LogP contribution in [0.5, 0.6) is 0 Å². The average molecular weight is 278 g/mol. The molecule has 0 aromatic carbocycles. The molecule has 0 amide bonds. The highest BCUT2D eigenvalue weighted by Gasteiger charge is 2.29. The van der Waals surface area contributed by atoms with Gasteiger partial charge in [-0.1, -0.05) is 0 Å². The lowest BCUT2D eigenvalue weighted by Crippen LogP contribution is -2.15. The van der Waals surface area contributed by atoms with Crippen molar-refractivity contribution in [2.24, 2.45) is 0 Å². The van der Waals surface area contributed by atoms with E-state index in [1.54, 1.807) is 6.92 Å². The molecule has 0 aliphatic carbocycles. The molecule has 0 bridgehead atoms. The lowest BCUT2D eigenvalue weighted by Gasteiger charge is -2.20. The summed E-state index contributed by atoms with van der Waals surface area (Å²) in [5, 5.41) is 0. The molecule has 1 fully saturated rings. The molecule has 0 radical (unpaired) electrons. The van der Waals surface area contributed by atoms with Crippen molar-refractivity contribution in [3.63, 3.8) is 0 Å². The van der Waals surface area contributed by atoms with Gasteiger partial charge in [0.05, 0.1) is 10.7 Å². The number of esters is 1. The molecule has 1 saturated heterocycles. The second kappa shape index (κ2) is 7.16. The fraction of sp³-hybridized carbons (Fsp3) is 0.818. The van der Waals surface area contributed by atoms with Gasteiger partial charge in [0.1, 0.15) is 0 Å². The van der Waals surface area contributed by atoms with Crippen LogP contribution in [0.2, 0.25) is 0 Å². The first-order valence-electron chi connectivity index (χ1n) is 5.71. The van der Waals surface area contributed by atoms with Gasteiger partial charge in [-0.25, -0.2) is 4.79 Å². The van der Waals surface area contributed by atoms with Crippen molar-refractivity contribution in [2.45, 2.75) is 37.2 Å². The molecule has 1 aliphatic heterocycles. The number of carbonyl (C=O) groups is 2. The summed E-state index contributed by atoms with van der Waals surface area (Å²) in [6.07, 6.45) is 1.08. The fourth-order valence-electron chi connectivity index (χ4n) is 1.55. The molecule has 0 aromatic rings. The van der Waals surface area contributed by atoms with Crippen LogP contribution < -0.4 is 0 Å². The zero-order valence-electron chi connectivity index (χ0n) is 10.2. The summed E-state index contributed by atoms with van der Waals surface area (Å²) < 4.78 is 9.22. The molecule has 0 spiro atoms. The molecular formula is C11H18O4S2. The zero-order valence-corrected chi connectivity index (χ0v) is 11.8. The minimum absolute atomic E-state index is 0.220. The fourth-order valence-corrected chi connectivity index (χ4v) is 4.49. The number of thioether (sulfide) groups is 2. The molecule has 98 valence electrons. The van der Waals surface area contributed by atoms with Gasteiger partial charge in [0, 0.05) is 17.9 Å². The second-order valence-electron chi connectivity index (χ2n) is 3.84. The van der Waals surface area contributed by atoms with Crippen LogP contribution in [0.3, 0.4) is 0 Å². The molecule has 17 heavy (non-hydrogen) atoms. The van der Waals surface area contributed by atoms with Crippen LogP contribution in [0.4, 0.5) is 4.79 Å². The van der Waals surface area contributed by atoms with E-state index in [2.05, 4.69) is 16.4 Å². The Labute approximate surface area is 110 Å². The Morgan fingerprint density at radius 3 is 2.53 bits per heavy atom. The Balaban J connectivity index is 2.13. The average Bonchev–Trinajstić information content (AvgIpc) is 2.65. The molecule has 6 heteroatoms. The van der Waals surface area contributed by atoms with E-state index >= 15 is 0 Å². The summed E-state index contributed by atoms with van der Waals surface area (Å²) in [5.41, 5.74) is 0. The topological polar surface area (TPSA) is 52.6 Å². The maximum atomic E-state index is 11.3. The third-order valence-electron chi connectivity index (χ3n) is 2.37. The number of ether oxygens (including phenoxy) is 2. The summed E-state index contributed by atoms with van der Waals surface area (Å²) in [5.74, 6) is 1.85. The molecule has 0 N–H and O–H groups in total. The Morgan fingerprint density at radius 1 is 1.29 bits per heavy atom. The highest BCUT2D eigenvalue weighted by atomic mass is 32.2. The summed E-state index contributed by atoms with van der Waals surface area (Å²) in [6, 6.07) is 0. The van der Waals surface area contributed by atoms with E-state index in [9.17, 15) is 9.59 Å². The van der Waals surface area contributed by atoms with Gasteiger partial charge >= 0.3 is 12.1 Å². The molecular weight excluding hydrogens is 260 g/mol. The molecule has 1 heterocycles. The third kappa shape index (κ3) is 5.68. The van der Waals surface area contributed by atoms with E-state index in [-0.39, 0.29) is 17.1 Å². The number of hydrogen-bond donors (Lipinski definition) is 0. The van der Waals surface area contributed by atoms with Gasteiger partial charge in [-0.2, -0.15) is 0 Å². The molecule has 0 unspecified atom stereocenters. The standard InChI is InChI=1S/C11H18O4S2/c1-3-14-10(13)15-9(12)5-4-6-11(2)16-7-8-17-11/h3-8H2,1-2H3. The van der Waals surface area contributed by atoms with Gasteiger partial charge in [0.25, 0.3) is 0 Å². The quantitative estimate of drug-likeness (QED) is 0.569. The summed E-state index contributed by atoms with van der Waals surface area (Å²) >= 11 is 3.88. The SMILES string of the molecule is CCOC(=O)OC(=O)CCCC1(C)SCCS1. The van der Waals surface area contributed by atoms with Crippen molar-refractivity contribution in [3.8, 4) is 0 Å². The van der Waals surface area contributed by atoms with Crippen molar-refractivity contribution in [2.75, 3.05) is 18.1 Å². The molecule has 4 nitrogen and oxygen atoms in total. The predicted octanol–water partition coefficient (Wildman–Crippen LogP) is 3.05. The maximum Gasteiger partial charge on any atom is 0.516 e. The molecule has 1 rings (SSSR count). The second-order valence-corrected chi connectivity index (χ2v) is 7.30. The van der Waals surface area contributed by atoms with Crippen molar-refractivity contribution in [1.29, 1.82) is 0 Å². The van der Waals surface area contributed by atoms with Crippen molar-refractivity contribution in [1.82, 2.24) is 0 Å². The van der Waals surface area contributed by atoms with Crippen LogP contribution >= 0.6 is 23.5 Å². The van der Waals surface area contributed by atoms with E-state index in [1.165, 1.54) is 11.5 Å². The molecule has 0 atom stereocenters. The van der Waals surface area contributed by atoms with E-state index in [1.807, 2.05) is 23.5 Å². The summed E-state index contributed by atoms with van der Waals surface area (Å²) in [4.78, 5) is 22.1. The first-order valence-corrected chi connectivity index (χ1v) is 7.68. The minimum Gasteiger partial charge on any atom is -0.434 e. The van der Waals surface area contributed by atoms with Gasteiger partial charge in [-0.05, 0) is 26.7 Å².